The zero-order valence-corrected chi connectivity index (χ0v) is 14.6. The summed E-state index contributed by atoms with van der Waals surface area (Å²) in [5.41, 5.74) is 0.0692. The normalized spacial score (nSPS) is 15.6. The average molecular weight is 375 g/mol. The topological polar surface area (TPSA) is 101 Å². The Morgan fingerprint density at radius 1 is 0.962 bits per heavy atom. The Morgan fingerprint density at radius 2 is 1.62 bits per heavy atom. The van der Waals surface area contributed by atoms with Crippen molar-refractivity contribution < 1.29 is 18.1 Å². The largest absolute Gasteiger partial charge is 0.336 e. The standard InChI is InChI=1S/C17H17N3O5S/c21-17(14-5-4-6-15(13-14)20(22)23)18-9-11-19(12-10-18)26(24,25)16-7-2-1-3-8-16/h1-8,13H,9-12H2. The highest BCUT2D eigenvalue weighted by Gasteiger charge is 2.30. The van der Waals surface area contributed by atoms with Gasteiger partial charge in [-0.05, 0) is 18.2 Å². The molecule has 0 N–H and O–H groups in total. The van der Waals surface area contributed by atoms with Gasteiger partial charge in [0.2, 0.25) is 10.0 Å². The lowest BCUT2D eigenvalue weighted by Gasteiger charge is -2.34. The van der Waals surface area contributed by atoms with E-state index in [2.05, 4.69) is 0 Å². The first-order valence-corrected chi connectivity index (χ1v) is 9.42. The predicted octanol–water partition coefficient (Wildman–Crippen LogP) is 1.74. The fourth-order valence-corrected chi connectivity index (χ4v) is 4.25. The van der Waals surface area contributed by atoms with Gasteiger partial charge in [0, 0.05) is 43.9 Å². The van der Waals surface area contributed by atoms with Crippen LogP contribution >= 0.6 is 0 Å². The molecular weight excluding hydrogens is 358 g/mol. The van der Waals surface area contributed by atoms with Crippen molar-refractivity contribution in [2.45, 2.75) is 4.90 Å². The van der Waals surface area contributed by atoms with Gasteiger partial charge in [0.1, 0.15) is 0 Å². The summed E-state index contributed by atoms with van der Waals surface area (Å²) in [6.07, 6.45) is 0. The quantitative estimate of drug-likeness (QED) is 0.598. The molecule has 1 saturated heterocycles. The minimum absolute atomic E-state index is 0.152. The summed E-state index contributed by atoms with van der Waals surface area (Å²) in [5, 5.41) is 10.8. The van der Waals surface area contributed by atoms with E-state index in [0.717, 1.165) is 0 Å². The third-order valence-electron chi connectivity index (χ3n) is 4.21. The highest BCUT2D eigenvalue weighted by atomic mass is 32.2. The molecule has 0 bridgehead atoms. The molecule has 9 heteroatoms. The summed E-state index contributed by atoms with van der Waals surface area (Å²) < 4.78 is 26.5. The minimum atomic E-state index is -3.59. The first-order valence-electron chi connectivity index (χ1n) is 7.98. The van der Waals surface area contributed by atoms with Crippen LogP contribution in [0.4, 0.5) is 5.69 Å². The van der Waals surface area contributed by atoms with Gasteiger partial charge in [0.25, 0.3) is 11.6 Å². The number of nitrogens with zero attached hydrogens (tertiary/aromatic N) is 3. The van der Waals surface area contributed by atoms with Crippen LogP contribution in [-0.4, -0.2) is 54.6 Å². The third-order valence-corrected chi connectivity index (χ3v) is 6.12. The molecule has 26 heavy (non-hydrogen) atoms. The summed E-state index contributed by atoms with van der Waals surface area (Å²) in [6, 6.07) is 13.7. The zero-order chi connectivity index (χ0) is 18.7. The Kier molecular flexibility index (Phi) is 5.01. The summed E-state index contributed by atoms with van der Waals surface area (Å²) in [4.78, 5) is 24.6. The van der Waals surface area contributed by atoms with Gasteiger partial charge in [0.15, 0.2) is 0 Å². The van der Waals surface area contributed by atoms with E-state index in [-0.39, 0.29) is 48.2 Å². The Labute approximate surface area is 150 Å². The average Bonchev–Trinajstić information content (AvgIpc) is 2.68. The number of rotatable bonds is 4. The molecule has 0 radical (unpaired) electrons. The monoisotopic (exact) mass is 375 g/mol. The minimum Gasteiger partial charge on any atom is -0.336 e. The molecular formula is C17H17N3O5S. The number of piperazine rings is 1. The second-order valence-corrected chi connectivity index (χ2v) is 7.75. The van der Waals surface area contributed by atoms with Crippen LogP contribution in [0.3, 0.4) is 0 Å². The van der Waals surface area contributed by atoms with Crippen molar-refractivity contribution in [1.82, 2.24) is 9.21 Å². The number of hydrogen-bond donors (Lipinski definition) is 0. The smallest absolute Gasteiger partial charge is 0.270 e. The van der Waals surface area contributed by atoms with E-state index < -0.39 is 14.9 Å². The molecule has 2 aromatic rings. The Morgan fingerprint density at radius 3 is 2.23 bits per heavy atom. The van der Waals surface area contributed by atoms with Crippen molar-refractivity contribution in [3.8, 4) is 0 Å². The number of nitro groups is 1. The van der Waals surface area contributed by atoms with Crippen molar-refractivity contribution >= 4 is 21.6 Å². The molecule has 3 rings (SSSR count). The highest BCUT2D eigenvalue weighted by Crippen LogP contribution is 2.19. The summed E-state index contributed by atoms with van der Waals surface area (Å²) in [6.45, 7) is 0.816. The van der Waals surface area contributed by atoms with E-state index in [4.69, 9.17) is 0 Å². The van der Waals surface area contributed by atoms with Crippen LogP contribution in [0.15, 0.2) is 59.5 Å². The molecule has 136 valence electrons. The Bertz CT molecular complexity index is 922. The molecule has 0 unspecified atom stereocenters. The van der Waals surface area contributed by atoms with Crippen molar-refractivity contribution in [1.29, 1.82) is 0 Å². The van der Waals surface area contributed by atoms with Crippen molar-refractivity contribution in [2.24, 2.45) is 0 Å². The van der Waals surface area contributed by atoms with E-state index in [1.807, 2.05) is 0 Å². The molecule has 1 amide bonds. The second kappa shape index (κ2) is 7.22. The molecule has 0 spiro atoms. The summed E-state index contributed by atoms with van der Waals surface area (Å²) in [5.74, 6) is -0.342. The number of hydrogen-bond acceptors (Lipinski definition) is 5. The molecule has 1 aliphatic rings. The van der Waals surface area contributed by atoms with Gasteiger partial charge < -0.3 is 4.90 Å². The number of benzene rings is 2. The van der Waals surface area contributed by atoms with Crippen LogP contribution in [0.5, 0.6) is 0 Å². The van der Waals surface area contributed by atoms with Crippen molar-refractivity contribution in [3.05, 3.63) is 70.3 Å². The van der Waals surface area contributed by atoms with Crippen LogP contribution in [0.1, 0.15) is 10.4 Å². The van der Waals surface area contributed by atoms with Crippen LogP contribution in [-0.2, 0) is 10.0 Å². The Balaban J connectivity index is 1.70. The fourth-order valence-electron chi connectivity index (χ4n) is 2.81. The molecule has 0 atom stereocenters. The first-order chi connectivity index (χ1) is 12.4. The molecule has 2 aromatic carbocycles. The maximum atomic E-state index is 12.6. The summed E-state index contributed by atoms with van der Waals surface area (Å²) in [7, 11) is -3.59. The number of sulfonamides is 1. The van der Waals surface area contributed by atoms with E-state index in [1.54, 1.807) is 18.2 Å². The third kappa shape index (κ3) is 3.58. The van der Waals surface area contributed by atoms with Crippen molar-refractivity contribution in [3.63, 3.8) is 0 Å². The molecule has 1 fully saturated rings. The van der Waals surface area contributed by atoms with Crippen LogP contribution in [0.2, 0.25) is 0 Å². The van der Waals surface area contributed by atoms with Crippen LogP contribution in [0.25, 0.3) is 0 Å². The molecule has 1 heterocycles. The van der Waals surface area contributed by atoms with Gasteiger partial charge in [-0.25, -0.2) is 8.42 Å². The van der Waals surface area contributed by atoms with Gasteiger partial charge in [-0.2, -0.15) is 4.31 Å². The Hall–Kier alpha value is -2.78. The van der Waals surface area contributed by atoms with E-state index in [9.17, 15) is 23.3 Å². The molecule has 0 aliphatic carbocycles. The highest BCUT2D eigenvalue weighted by molar-refractivity contribution is 7.89. The van der Waals surface area contributed by atoms with E-state index >= 15 is 0 Å². The lowest BCUT2D eigenvalue weighted by molar-refractivity contribution is -0.384. The van der Waals surface area contributed by atoms with Crippen molar-refractivity contribution in [2.75, 3.05) is 26.2 Å². The predicted molar refractivity (Wildman–Crippen MR) is 94.2 cm³/mol. The summed E-state index contributed by atoms with van der Waals surface area (Å²) >= 11 is 0. The fraction of sp³-hybridized carbons (Fsp3) is 0.235. The molecule has 8 nitrogen and oxygen atoms in total. The number of carbonyl (C=O) groups is 1. The number of non-ortho nitro benzene ring substituents is 1. The van der Waals surface area contributed by atoms with Gasteiger partial charge in [-0.3, -0.25) is 14.9 Å². The lowest BCUT2D eigenvalue weighted by atomic mass is 10.1. The maximum Gasteiger partial charge on any atom is 0.270 e. The number of nitro benzene ring substituents is 1. The van der Waals surface area contributed by atoms with E-state index in [0.29, 0.717) is 0 Å². The second-order valence-electron chi connectivity index (χ2n) is 5.82. The molecule has 1 aliphatic heterocycles. The first kappa shape index (κ1) is 18.0. The lowest BCUT2D eigenvalue weighted by Crippen LogP contribution is -2.50. The molecule has 0 saturated carbocycles. The molecule has 0 aromatic heterocycles. The van der Waals surface area contributed by atoms with Crippen LogP contribution in [0, 0.1) is 10.1 Å². The van der Waals surface area contributed by atoms with Gasteiger partial charge in [-0.1, -0.05) is 24.3 Å². The van der Waals surface area contributed by atoms with E-state index in [1.165, 1.54) is 45.6 Å². The SMILES string of the molecule is O=C(c1cccc([N+](=O)[O-])c1)N1CCN(S(=O)(=O)c2ccccc2)CC1. The van der Waals surface area contributed by atoms with Gasteiger partial charge >= 0.3 is 0 Å². The number of carbonyl (C=O) groups excluding carboxylic acids is 1. The van der Waals surface area contributed by atoms with Gasteiger partial charge in [0.05, 0.1) is 9.82 Å². The number of amides is 1. The zero-order valence-electron chi connectivity index (χ0n) is 13.8. The van der Waals surface area contributed by atoms with Crippen LogP contribution < -0.4 is 0 Å². The maximum absolute atomic E-state index is 12.6. The van der Waals surface area contributed by atoms with Gasteiger partial charge in [-0.15, -0.1) is 0 Å².